The van der Waals surface area contributed by atoms with Crippen molar-refractivity contribution in [3.63, 3.8) is 0 Å². The van der Waals surface area contributed by atoms with Crippen LogP contribution in [0.4, 0.5) is 5.69 Å². The Labute approximate surface area is 82.4 Å². The van der Waals surface area contributed by atoms with Gasteiger partial charge in [0, 0.05) is 5.75 Å². The van der Waals surface area contributed by atoms with Crippen molar-refractivity contribution < 1.29 is 5.11 Å². The summed E-state index contributed by atoms with van der Waals surface area (Å²) in [6.07, 6.45) is 2.20. The number of nitrogen functional groups attached to an aromatic ring is 1. The lowest BCUT2D eigenvalue weighted by atomic mass is 10.3. The van der Waals surface area contributed by atoms with Gasteiger partial charge >= 0.3 is 0 Å². The first-order valence-corrected chi connectivity index (χ1v) is 5.19. The molecule has 1 rings (SSSR count). The van der Waals surface area contributed by atoms with Gasteiger partial charge in [-0.2, -0.15) is 0 Å². The largest absolute Gasteiger partial charge is 0.397 e. The van der Waals surface area contributed by atoms with Crippen LogP contribution in [0.1, 0.15) is 13.3 Å². The molecule has 1 unspecified atom stereocenters. The Balaban J connectivity index is 2.33. The molecular weight excluding hydrogens is 184 g/mol. The molecule has 3 N–H and O–H groups in total. The molecule has 1 aromatic rings. The SMILES string of the molecule is CC(O)CCSc1ccc(N)cn1. The second-order valence-corrected chi connectivity index (χ2v) is 4.03. The van der Waals surface area contributed by atoms with Crippen LogP contribution < -0.4 is 5.73 Å². The Bertz CT molecular complexity index is 248. The maximum atomic E-state index is 9.02. The van der Waals surface area contributed by atoms with Gasteiger partial charge < -0.3 is 10.8 Å². The average molecular weight is 198 g/mol. The predicted octanol–water partition coefficient (Wildman–Crippen LogP) is 1.53. The zero-order valence-corrected chi connectivity index (χ0v) is 8.42. The van der Waals surface area contributed by atoms with Crippen LogP contribution in [-0.4, -0.2) is 21.9 Å². The third-order valence-corrected chi connectivity index (χ3v) is 2.52. The minimum atomic E-state index is -0.235. The lowest BCUT2D eigenvalue weighted by Crippen LogP contribution is -2.00. The summed E-state index contributed by atoms with van der Waals surface area (Å²) in [6.45, 7) is 1.79. The van der Waals surface area contributed by atoms with Crippen LogP contribution in [0.3, 0.4) is 0 Å². The molecule has 0 saturated carbocycles. The van der Waals surface area contributed by atoms with E-state index in [0.717, 1.165) is 17.2 Å². The van der Waals surface area contributed by atoms with E-state index in [4.69, 9.17) is 10.8 Å². The fourth-order valence-electron chi connectivity index (χ4n) is 0.811. The van der Waals surface area contributed by atoms with Crippen molar-refractivity contribution in [3.8, 4) is 0 Å². The second-order valence-electron chi connectivity index (χ2n) is 2.92. The molecule has 0 aromatic carbocycles. The van der Waals surface area contributed by atoms with Crippen molar-refractivity contribution >= 4 is 17.4 Å². The predicted molar refractivity (Wildman–Crippen MR) is 55.7 cm³/mol. The van der Waals surface area contributed by atoms with E-state index in [0.29, 0.717) is 5.69 Å². The fraction of sp³-hybridized carbons (Fsp3) is 0.444. The van der Waals surface area contributed by atoms with Gasteiger partial charge in [-0.3, -0.25) is 0 Å². The number of aliphatic hydroxyl groups excluding tert-OH is 1. The second kappa shape index (κ2) is 5.09. The molecule has 1 aromatic heterocycles. The van der Waals surface area contributed by atoms with Crippen LogP contribution in [0.5, 0.6) is 0 Å². The summed E-state index contributed by atoms with van der Waals surface area (Å²) in [6, 6.07) is 3.72. The Morgan fingerprint density at radius 3 is 2.92 bits per heavy atom. The van der Waals surface area contributed by atoms with Crippen molar-refractivity contribution in [3.05, 3.63) is 18.3 Å². The maximum Gasteiger partial charge on any atom is 0.0961 e. The van der Waals surface area contributed by atoms with E-state index in [-0.39, 0.29) is 6.10 Å². The number of pyridine rings is 1. The van der Waals surface area contributed by atoms with Crippen molar-refractivity contribution in [2.75, 3.05) is 11.5 Å². The first-order valence-electron chi connectivity index (χ1n) is 4.21. The van der Waals surface area contributed by atoms with Crippen molar-refractivity contribution in [2.24, 2.45) is 0 Å². The van der Waals surface area contributed by atoms with Gasteiger partial charge in [-0.1, -0.05) is 0 Å². The topological polar surface area (TPSA) is 59.1 Å². The van der Waals surface area contributed by atoms with E-state index in [1.807, 2.05) is 12.1 Å². The molecule has 0 amide bonds. The molecule has 72 valence electrons. The summed E-state index contributed by atoms with van der Waals surface area (Å²) in [5.74, 6) is 0.884. The fourth-order valence-corrected chi connectivity index (χ4v) is 1.77. The van der Waals surface area contributed by atoms with Crippen LogP contribution in [-0.2, 0) is 0 Å². The first-order chi connectivity index (χ1) is 6.18. The minimum absolute atomic E-state index is 0.235. The number of nitrogens with zero attached hydrogens (tertiary/aromatic N) is 1. The molecule has 1 atom stereocenters. The summed E-state index contributed by atoms with van der Waals surface area (Å²) in [4.78, 5) is 4.13. The zero-order chi connectivity index (χ0) is 9.68. The molecule has 0 bridgehead atoms. The zero-order valence-electron chi connectivity index (χ0n) is 7.60. The Morgan fingerprint density at radius 2 is 2.38 bits per heavy atom. The summed E-state index contributed by atoms with van der Waals surface area (Å²) in [7, 11) is 0. The number of hydrogen-bond donors (Lipinski definition) is 2. The lowest BCUT2D eigenvalue weighted by molar-refractivity contribution is 0.192. The number of hydrogen-bond acceptors (Lipinski definition) is 4. The van der Waals surface area contributed by atoms with Crippen molar-refractivity contribution in [1.29, 1.82) is 0 Å². The monoisotopic (exact) mass is 198 g/mol. The summed E-state index contributed by atoms with van der Waals surface area (Å²) >= 11 is 1.63. The Hall–Kier alpha value is -0.740. The maximum absolute atomic E-state index is 9.02. The van der Waals surface area contributed by atoms with Crippen molar-refractivity contribution in [2.45, 2.75) is 24.5 Å². The van der Waals surface area contributed by atoms with Gasteiger partial charge in [0.15, 0.2) is 0 Å². The summed E-state index contributed by atoms with van der Waals surface area (Å²) in [5.41, 5.74) is 6.17. The van der Waals surface area contributed by atoms with Gasteiger partial charge in [-0.05, 0) is 25.5 Å². The van der Waals surface area contributed by atoms with E-state index in [9.17, 15) is 0 Å². The number of thioether (sulfide) groups is 1. The minimum Gasteiger partial charge on any atom is -0.397 e. The molecule has 0 aliphatic heterocycles. The van der Waals surface area contributed by atoms with Gasteiger partial charge in [0.2, 0.25) is 0 Å². The molecule has 0 spiro atoms. The van der Waals surface area contributed by atoms with E-state index < -0.39 is 0 Å². The van der Waals surface area contributed by atoms with Gasteiger partial charge in [0.05, 0.1) is 23.0 Å². The molecule has 0 radical (unpaired) electrons. The van der Waals surface area contributed by atoms with Gasteiger partial charge in [-0.15, -0.1) is 11.8 Å². The number of aliphatic hydroxyl groups is 1. The Morgan fingerprint density at radius 1 is 1.62 bits per heavy atom. The summed E-state index contributed by atoms with van der Waals surface area (Å²) < 4.78 is 0. The summed E-state index contributed by atoms with van der Waals surface area (Å²) in [5, 5.41) is 9.97. The van der Waals surface area contributed by atoms with Gasteiger partial charge in [0.1, 0.15) is 0 Å². The quantitative estimate of drug-likeness (QED) is 0.720. The number of anilines is 1. The molecule has 13 heavy (non-hydrogen) atoms. The van der Waals surface area contributed by atoms with Gasteiger partial charge in [0.25, 0.3) is 0 Å². The number of nitrogens with two attached hydrogens (primary N) is 1. The third-order valence-electron chi connectivity index (χ3n) is 1.54. The van der Waals surface area contributed by atoms with Gasteiger partial charge in [-0.25, -0.2) is 4.98 Å². The van der Waals surface area contributed by atoms with E-state index in [2.05, 4.69) is 4.98 Å². The molecule has 0 fully saturated rings. The highest BCUT2D eigenvalue weighted by Crippen LogP contribution is 2.17. The normalized spacial score (nSPS) is 12.8. The number of aromatic nitrogens is 1. The highest BCUT2D eigenvalue weighted by molar-refractivity contribution is 7.99. The first kappa shape index (κ1) is 10.3. The Kier molecular flexibility index (Phi) is 4.05. The molecule has 4 heteroatoms. The molecular formula is C9H14N2OS. The highest BCUT2D eigenvalue weighted by Gasteiger charge is 1.98. The molecule has 3 nitrogen and oxygen atoms in total. The standard InChI is InChI=1S/C9H14N2OS/c1-7(12)4-5-13-9-3-2-8(10)6-11-9/h2-3,6-7,12H,4-5,10H2,1H3. The average Bonchev–Trinajstić information content (AvgIpc) is 2.08. The van der Waals surface area contributed by atoms with E-state index in [1.54, 1.807) is 24.9 Å². The van der Waals surface area contributed by atoms with Crippen molar-refractivity contribution in [1.82, 2.24) is 4.98 Å². The smallest absolute Gasteiger partial charge is 0.0961 e. The van der Waals surface area contributed by atoms with Crippen LogP contribution in [0.25, 0.3) is 0 Å². The van der Waals surface area contributed by atoms with Crippen LogP contribution in [0, 0.1) is 0 Å². The lowest BCUT2D eigenvalue weighted by Gasteiger charge is -2.03. The number of rotatable bonds is 4. The molecule has 1 heterocycles. The molecule has 0 aliphatic carbocycles. The highest BCUT2D eigenvalue weighted by atomic mass is 32.2. The molecule has 0 aliphatic rings. The van der Waals surface area contributed by atoms with E-state index >= 15 is 0 Å². The van der Waals surface area contributed by atoms with Crippen LogP contribution in [0.2, 0.25) is 0 Å². The third kappa shape index (κ3) is 4.15. The van der Waals surface area contributed by atoms with Crippen LogP contribution >= 0.6 is 11.8 Å². The van der Waals surface area contributed by atoms with E-state index in [1.165, 1.54) is 0 Å². The van der Waals surface area contributed by atoms with Crippen LogP contribution in [0.15, 0.2) is 23.4 Å². The molecule has 0 saturated heterocycles.